The van der Waals surface area contributed by atoms with Crippen molar-refractivity contribution in [2.75, 3.05) is 26.0 Å². The Hall–Kier alpha value is -3.17. The number of sulfone groups is 1. The zero-order chi connectivity index (χ0) is 24.1. The summed E-state index contributed by atoms with van der Waals surface area (Å²) in [6, 6.07) is 12.4. The molecular weight excluding hydrogens is 452 g/mol. The number of carbonyl (C=O) groups is 1. The Kier molecular flexibility index (Phi) is 7.33. The summed E-state index contributed by atoms with van der Waals surface area (Å²) in [5.74, 6) is 1.36. The third kappa shape index (κ3) is 5.84. The SMILES string of the molecule is CCOc1cc(CN2CCC(NC(=O)c3cccc(S(C)(=O)=O)c3)CC2)ccc1-c1ncc[nH]1. The first-order chi connectivity index (χ1) is 16.3. The Labute approximate surface area is 200 Å². The fraction of sp³-hybridized carbons (Fsp3) is 0.360. The summed E-state index contributed by atoms with van der Waals surface area (Å²) in [7, 11) is -3.35. The average molecular weight is 483 g/mol. The molecule has 0 atom stereocenters. The minimum atomic E-state index is -3.35. The summed E-state index contributed by atoms with van der Waals surface area (Å²) in [5, 5.41) is 3.06. The molecule has 1 aliphatic rings. The molecule has 0 saturated carbocycles. The Morgan fingerprint density at radius 2 is 2.00 bits per heavy atom. The number of hydrogen-bond donors (Lipinski definition) is 2. The second-order valence-electron chi connectivity index (χ2n) is 8.53. The second kappa shape index (κ2) is 10.4. The minimum absolute atomic E-state index is 0.0611. The topological polar surface area (TPSA) is 104 Å². The van der Waals surface area contributed by atoms with Crippen molar-refractivity contribution in [2.24, 2.45) is 0 Å². The van der Waals surface area contributed by atoms with Crippen LogP contribution < -0.4 is 10.1 Å². The van der Waals surface area contributed by atoms with Crippen molar-refractivity contribution in [1.82, 2.24) is 20.2 Å². The number of benzene rings is 2. The van der Waals surface area contributed by atoms with E-state index in [0.29, 0.717) is 12.2 Å². The van der Waals surface area contributed by atoms with Gasteiger partial charge >= 0.3 is 0 Å². The standard InChI is InChI=1S/C25H30N4O4S/c1-3-33-23-15-18(7-8-22(23)24-26-11-12-27-24)17-29-13-9-20(10-14-29)28-25(30)19-5-4-6-21(16-19)34(2,31)32/h4-8,11-12,15-16,20H,3,9-10,13-14,17H2,1-2H3,(H,26,27)(H,28,30). The maximum atomic E-state index is 12.7. The van der Waals surface area contributed by atoms with Gasteiger partial charge in [0.05, 0.1) is 17.1 Å². The number of H-pyrrole nitrogens is 1. The molecule has 0 radical (unpaired) electrons. The van der Waals surface area contributed by atoms with Crippen LogP contribution >= 0.6 is 0 Å². The fourth-order valence-corrected chi connectivity index (χ4v) is 4.85. The zero-order valence-corrected chi connectivity index (χ0v) is 20.3. The van der Waals surface area contributed by atoms with E-state index in [-0.39, 0.29) is 16.8 Å². The third-order valence-corrected chi connectivity index (χ3v) is 7.06. The van der Waals surface area contributed by atoms with Crippen molar-refractivity contribution in [3.63, 3.8) is 0 Å². The van der Waals surface area contributed by atoms with Crippen molar-refractivity contribution in [2.45, 2.75) is 37.2 Å². The van der Waals surface area contributed by atoms with Gasteiger partial charge in [0, 0.05) is 49.9 Å². The van der Waals surface area contributed by atoms with Gasteiger partial charge in [-0.15, -0.1) is 0 Å². The van der Waals surface area contributed by atoms with Crippen LogP contribution in [-0.2, 0) is 16.4 Å². The van der Waals surface area contributed by atoms with E-state index in [1.165, 1.54) is 17.7 Å². The van der Waals surface area contributed by atoms with E-state index >= 15 is 0 Å². The maximum absolute atomic E-state index is 12.7. The molecule has 4 rings (SSSR count). The van der Waals surface area contributed by atoms with E-state index in [1.807, 2.05) is 13.0 Å². The van der Waals surface area contributed by atoms with Gasteiger partial charge in [0.25, 0.3) is 5.91 Å². The van der Waals surface area contributed by atoms with Crippen molar-refractivity contribution in [1.29, 1.82) is 0 Å². The summed E-state index contributed by atoms with van der Waals surface area (Å²) < 4.78 is 29.4. The smallest absolute Gasteiger partial charge is 0.251 e. The summed E-state index contributed by atoms with van der Waals surface area (Å²) >= 11 is 0. The maximum Gasteiger partial charge on any atom is 0.251 e. The monoisotopic (exact) mass is 482 g/mol. The fourth-order valence-electron chi connectivity index (χ4n) is 4.18. The molecule has 1 fully saturated rings. The molecule has 9 heteroatoms. The largest absolute Gasteiger partial charge is 0.493 e. The van der Waals surface area contributed by atoms with Crippen LogP contribution in [0, 0.1) is 0 Å². The van der Waals surface area contributed by atoms with Gasteiger partial charge in [0.15, 0.2) is 9.84 Å². The van der Waals surface area contributed by atoms with Crippen LogP contribution in [0.25, 0.3) is 11.4 Å². The molecule has 0 aliphatic carbocycles. The van der Waals surface area contributed by atoms with Gasteiger partial charge in [-0.1, -0.05) is 12.1 Å². The van der Waals surface area contributed by atoms with Crippen LogP contribution in [0.4, 0.5) is 0 Å². The first-order valence-electron chi connectivity index (χ1n) is 11.4. The minimum Gasteiger partial charge on any atom is -0.493 e. The van der Waals surface area contributed by atoms with Crippen LogP contribution in [0.15, 0.2) is 59.8 Å². The Morgan fingerprint density at radius 3 is 2.68 bits per heavy atom. The van der Waals surface area contributed by atoms with Crippen molar-refractivity contribution in [3.8, 4) is 17.1 Å². The number of ether oxygens (including phenoxy) is 1. The van der Waals surface area contributed by atoms with Crippen LogP contribution in [0.3, 0.4) is 0 Å². The highest BCUT2D eigenvalue weighted by Gasteiger charge is 2.22. The zero-order valence-electron chi connectivity index (χ0n) is 19.5. The predicted octanol–water partition coefficient (Wildman–Crippen LogP) is 3.27. The molecule has 0 spiro atoms. The summed E-state index contributed by atoms with van der Waals surface area (Å²) in [5.41, 5.74) is 2.47. The number of likely N-dealkylation sites (tertiary alicyclic amines) is 1. The lowest BCUT2D eigenvalue weighted by atomic mass is 10.0. The van der Waals surface area contributed by atoms with Crippen molar-refractivity contribution < 1.29 is 17.9 Å². The normalized spacial score (nSPS) is 15.2. The first-order valence-corrected chi connectivity index (χ1v) is 13.3. The molecule has 8 nitrogen and oxygen atoms in total. The molecule has 2 aromatic carbocycles. The van der Waals surface area contributed by atoms with Crippen LogP contribution in [0.1, 0.15) is 35.7 Å². The molecule has 0 unspecified atom stereocenters. The Bertz CT molecular complexity index is 1230. The number of carbonyl (C=O) groups excluding carboxylic acids is 1. The number of aromatic nitrogens is 2. The summed E-state index contributed by atoms with van der Waals surface area (Å²) in [6.45, 7) is 5.07. The molecule has 3 aromatic rings. The molecule has 2 N–H and O–H groups in total. The van der Waals surface area contributed by atoms with E-state index in [9.17, 15) is 13.2 Å². The van der Waals surface area contributed by atoms with Crippen LogP contribution in [-0.4, -0.2) is 61.2 Å². The van der Waals surface area contributed by atoms with Gasteiger partial charge in [-0.2, -0.15) is 0 Å². The van der Waals surface area contributed by atoms with Gasteiger partial charge in [-0.25, -0.2) is 13.4 Å². The highest BCUT2D eigenvalue weighted by molar-refractivity contribution is 7.90. The van der Waals surface area contributed by atoms with Gasteiger partial charge in [0.2, 0.25) is 0 Å². The molecule has 1 saturated heterocycles. The lowest BCUT2D eigenvalue weighted by molar-refractivity contribution is 0.0908. The summed E-state index contributed by atoms with van der Waals surface area (Å²) in [6.07, 6.45) is 6.33. The number of imidazole rings is 1. The highest BCUT2D eigenvalue weighted by atomic mass is 32.2. The van der Waals surface area contributed by atoms with Crippen molar-refractivity contribution >= 4 is 15.7 Å². The van der Waals surface area contributed by atoms with E-state index < -0.39 is 9.84 Å². The molecule has 1 aliphatic heterocycles. The molecule has 2 heterocycles. The highest BCUT2D eigenvalue weighted by Crippen LogP contribution is 2.29. The van der Waals surface area contributed by atoms with Crippen LogP contribution in [0.5, 0.6) is 5.75 Å². The third-order valence-electron chi connectivity index (χ3n) is 5.95. The lowest BCUT2D eigenvalue weighted by Gasteiger charge is -2.32. The Morgan fingerprint density at radius 1 is 1.21 bits per heavy atom. The number of piperidine rings is 1. The van der Waals surface area contributed by atoms with Gasteiger partial charge < -0.3 is 15.0 Å². The lowest BCUT2D eigenvalue weighted by Crippen LogP contribution is -2.44. The van der Waals surface area contributed by atoms with E-state index in [0.717, 1.165) is 55.9 Å². The number of amides is 1. The molecule has 1 aromatic heterocycles. The number of nitrogens with zero attached hydrogens (tertiary/aromatic N) is 2. The first kappa shape index (κ1) is 24.0. The molecule has 0 bridgehead atoms. The van der Waals surface area contributed by atoms with Gasteiger partial charge in [-0.05, 0) is 55.7 Å². The second-order valence-corrected chi connectivity index (χ2v) is 10.5. The number of nitrogens with one attached hydrogen (secondary N) is 2. The Balaban J connectivity index is 1.34. The number of rotatable bonds is 8. The predicted molar refractivity (Wildman–Crippen MR) is 131 cm³/mol. The number of hydrogen-bond acceptors (Lipinski definition) is 6. The van der Waals surface area contributed by atoms with E-state index in [1.54, 1.807) is 24.5 Å². The molecule has 180 valence electrons. The van der Waals surface area contributed by atoms with Gasteiger partial charge in [-0.3, -0.25) is 9.69 Å². The van der Waals surface area contributed by atoms with E-state index in [2.05, 4.69) is 32.3 Å². The van der Waals surface area contributed by atoms with Gasteiger partial charge in [0.1, 0.15) is 11.6 Å². The molecular formula is C25H30N4O4S. The molecule has 34 heavy (non-hydrogen) atoms. The molecule has 1 amide bonds. The number of aromatic amines is 1. The summed E-state index contributed by atoms with van der Waals surface area (Å²) in [4.78, 5) is 22.6. The van der Waals surface area contributed by atoms with Crippen molar-refractivity contribution in [3.05, 3.63) is 66.0 Å². The van der Waals surface area contributed by atoms with Crippen LogP contribution in [0.2, 0.25) is 0 Å². The van der Waals surface area contributed by atoms with E-state index in [4.69, 9.17) is 4.74 Å². The average Bonchev–Trinajstić information content (AvgIpc) is 3.35. The quantitative estimate of drug-likeness (QED) is 0.511.